The molecule has 0 aromatic carbocycles. The largest absolute Gasteiger partial charge is 0.490 e. The Morgan fingerprint density at radius 3 is 2.47 bits per heavy atom. The van der Waals surface area contributed by atoms with Gasteiger partial charge in [-0.25, -0.2) is 4.79 Å². The molecule has 1 heterocycles. The SMILES string of the molecule is CNC(=O)[C@@H]1C[C@H](OC(=O)C(F)(F)F)CN1C. The molecule has 0 aromatic heterocycles. The number of ether oxygens (including phenoxy) is 1. The molecule has 1 fully saturated rings. The molecule has 1 rings (SSSR count). The van der Waals surface area contributed by atoms with E-state index in [0.717, 1.165) is 0 Å². The zero-order valence-corrected chi connectivity index (χ0v) is 9.37. The van der Waals surface area contributed by atoms with E-state index in [2.05, 4.69) is 10.1 Å². The highest BCUT2D eigenvalue weighted by atomic mass is 19.4. The number of esters is 1. The fraction of sp³-hybridized carbons (Fsp3) is 0.778. The molecule has 0 aliphatic carbocycles. The van der Waals surface area contributed by atoms with Gasteiger partial charge in [-0.3, -0.25) is 9.69 Å². The van der Waals surface area contributed by atoms with Crippen molar-refractivity contribution in [2.24, 2.45) is 0 Å². The Hall–Kier alpha value is -1.31. The fourth-order valence-electron chi connectivity index (χ4n) is 1.73. The Morgan fingerprint density at radius 1 is 1.41 bits per heavy atom. The monoisotopic (exact) mass is 254 g/mol. The maximum absolute atomic E-state index is 12.0. The zero-order chi connectivity index (χ0) is 13.2. The number of alkyl halides is 3. The highest BCUT2D eigenvalue weighted by Crippen LogP contribution is 2.23. The van der Waals surface area contributed by atoms with E-state index in [9.17, 15) is 22.8 Å². The Bertz CT molecular complexity index is 319. The summed E-state index contributed by atoms with van der Waals surface area (Å²) in [5, 5.41) is 2.40. The maximum Gasteiger partial charge on any atom is 0.490 e. The van der Waals surface area contributed by atoms with Crippen LogP contribution in [-0.2, 0) is 14.3 Å². The molecule has 5 nitrogen and oxygen atoms in total. The maximum atomic E-state index is 12.0. The number of likely N-dealkylation sites (tertiary alicyclic amines) is 1. The number of nitrogens with one attached hydrogen (secondary N) is 1. The molecule has 98 valence electrons. The fourth-order valence-corrected chi connectivity index (χ4v) is 1.73. The van der Waals surface area contributed by atoms with Crippen LogP contribution in [0.2, 0.25) is 0 Å². The van der Waals surface area contributed by atoms with Gasteiger partial charge in [-0.2, -0.15) is 13.2 Å². The molecular weight excluding hydrogens is 241 g/mol. The van der Waals surface area contributed by atoms with E-state index < -0.39 is 24.3 Å². The number of nitrogens with zero attached hydrogens (tertiary/aromatic N) is 1. The summed E-state index contributed by atoms with van der Waals surface area (Å²) in [7, 11) is 3.02. The molecule has 0 bridgehead atoms. The van der Waals surface area contributed by atoms with Crippen LogP contribution in [0.25, 0.3) is 0 Å². The summed E-state index contributed by atoms with van der Waals surface area (Å²) < 4.78 is 40.1. The molecule has 0 aromatic rings. The van der Waals surface area contributed by atoms with Gasteiger partial charge in [0, 0.05) is 20.0 Å². The smallest absolute Gasteiger partial charge is 0.454 e. The number of rotatable bonds is 2. The van der Waals surface area contributed by atoms with Gasteiger partial charge < -0.3 is 10.1 Å². The van der Waals surface area contributed by atoms with Crippen LogP contribution in [0.5, 0.6) is 0 Å². The third-order valence-corrected chi connectivity index (χ3v) is 2.56. The second kappa shape index (κ2) is 4.91. The van der Waals surface area contributed by atoms with Crippen molar-refractivity contribution < 1.29 is 27.5 Å². The summed E-state index contributed by atoms with van der Waals surface area (Å²) in [6.07, 6.45) is -5.83. The van der Waals surface area contributed by atoms with E-state index in [1.165, 1.54) is 7.05 Å². The van der Waals surface area contributed by atoms with Gasteiger partial charge in [0.05, 0.1) is 6.04 Å². The molecular formula is C9H13F3N2O3. The van der Waals surface area contributed by atoms with Crippen LogP contribution in [0.3, 0.4) is 0 Å². The van der Waals surface area contributed by atoms with Crippen molar-refractivity contribution >= 4 is 11.9 Å². The average Bonchev–Trinajstić information content (AvgIpc) is 2.57. The molecule has 0 saturated carbocycles. The van der Waals surface area contributed by atoms with Crippen LogP contribution in [0.4, 0.5) is 13.2 Å². The predicted molar refractivity (Wildman–Crippen MR) is 51.0 cm³/mol. The molecule has 1 N–H and O–H groups in total. The Morgan fingerprint density at radius 2 is 2.00 bits per heavy atom. The van der Waals surface area contributed by atoms with Crippen LogP contribution in [0.15, 0.2) is 0 Å². The predicted octanol–water partition coefficient (Wildman–Crippen LogP) is -0.0894. The van der Waals surface area contributed by atoms with Crippen LogP contribution >= 0.6 is 0 Å². The summed E-state index contributed by atoms with van der Waals surface area (Å²) in [6.45, 7) is 0.111. The zero-order valence-electron chi connectivity index (χ0n) is 9.37. The number of amides is 1. The van der Waals surface area contributed by atoms with Crippen LogP contribution in [0.1, 0.15) is 6.42 Å². The van der Waals surface area contributed by atoms with Crippen molar-refractivity contribution in [1.82, 2.24) is 10.2 Å². The Kier molecular flexibility index (Phi) is 3.97. The van der Waals surface area contributed by atoms with Gasteiger partial charge in [-0.1, -0.05) is 0 Å². The molecule has 0 spiro atoms. The highest BCUT2D eigenvalue weighted by Gasteiger charge is 2.44. The molecule has 1 saturated heterocycles. The van der Waals surface area contributed by atoms with Crippen molar-refractivity contribution in [2.45, 2.75) is 24.7 Å². The van der Waals surface area contributed by atoms with E-state index >= 15 is 0 Å². The van der Waals surface area contributed by atoms with Crippen molar-refractivity contribution in [1.29, 1.82) is 0 Å². The molecule has 17 heavy (non-hydrogen) atoms. The summed E-state index contributed by atoms with van der Waals surface area (Å²) in [4.78, 5) is 23.5. The lowest BCUT2D eigenvalue weighted by Gasteiger charge is -2.16. The van der Waals surface area contributed by atoms with Crippen molar-refractivity contribution in [3.05, 3.63) is 0 Å². The quantitative estimate of drug-likeness (QED) is 0.700. The van der Waals surface area contributed by atoms with E-state index in [1.54, 1.807) is 11.9 Å². The standard InChI is InChI=1S/C9H13F3N2O3/c1-13-7(15)6-3-5(4-14(6)2)17-8(16)9(10,11)12/h5-6H,3-4H2,1-2H3,(H,13,15)/t5-,6-/m0/s1. The lowest BCUT2D eigenvalue weighted by Crippen LogP contribution is -2.39. The lowest BCUT2D eigenvalue weighted by atomic mass is 10.2. The molecule has 2 atom stereocenters. The molecule has 8 heteroatoms. The molecule has 0 unspecified atom stereocenters. The van der Waals surface area contributed by atoms with Gasteiger partial charge in [-0.05, 0) is 7.05 Å². The number of likely N-dealkylation sites (N-methyl/N-ethyl adjacent to an activating group) is 2. The summed E-state index contributed by atoms with van der Waals surface area (Å²) in [5.74, 6) is -2.52. The first-order valence-corrected chi connectivity index (χ1v) is 4.95. The average molecular weight is 254 g/mol. The third-order valence-electron chi connectivity index (χ3n) is 2.56. The number of hydrogen-bond acceptors (Lipinski definition) is 4. The Labute approximate surface area is 95.9 Å². The van der Waals surface area contributed by atoms with Gasteiger partial charge in [0.1, 0.15) is 6.10 Å². The van der Waals surface area contributed by atoms with Crippen molar-refractivity contribution in [3.63, 3.8) is 0 Å². The number of carbonyl (C=O) groups excluding carboxylic acids is 2. The van der Waals surface area contributed by atoms with Gasteiger partial charge in [0.15, 0.2) is 0 Å². The normalized spacial score (nSPS) is 25.7. The van der Waals surface area contributed by atoms with Crippen LogP contribution in [0, 0.1) is 0 Å². The van der Waals surface area contributed by atoms with Gasteiger partial charge >= 0.3 is 12.1 Å². The van der Waals surface area contributed by atoms with E-state index in [0.29, 0.717) is 0 Å². The first kappa shape index (κ1) is 13.8. The van der Waals surface area contributed by atoms with Gasteiger partial charge in [0.25, 0.3) is 0 Å². The molecule has 1 amide bonds. The van der Waals surface area contributed by atoms with Crippen LogP contribution in [-0.4, -0.2) is 55.7 Å². The number of halogens is 3. The first-order valence-electron chi connectivity index (χ1n) is 4.95. The van der Waals surface area contributed by atoms with Crippen LogP contribution < -0.4 is 5.32 Å². The van der Waals surface area contributed by atoms with Gasteiger partial charge in [0.2, 0.25) is 5.91 Å². The van der Waals surface area contributed by atoms with Crippen molar-refractivity contribution in [3.8, 4) is 0 Å². The van der Waals surface area contributed by atoms with E-state index in [1.807, 2.05) is 0 Å². The summed E-state index contributed by atoms with van der Waals surface area (Å²) in [5.41, 5.74) is 0. The summed E-state index contributed by atoms with van der Waals surface area (Å²) >= 11 is 0. The Balaban J connectivity index is 2.55. The molecule has 0 radical (unpaired) electrons. The van der Waals surface area contributed by atoms with Crippen molar-refractivity contribution in [2.75, 3.05) is 20.6 Å². The minimum Gasteiger partial charge on any atom is -0.454 e. The van der Waals surface area contributed by atoms with E-state index in [4.69, 9.17) is 0 Å². The third kappa shape index (κ3) is 3.32. The van der Waals surface area contributed by atoms with E-state index in [-0.39, 0.29) is 18.9 Å². The highest BCUT2D eigenvalue weighted by molar-refractivity contribution is 5.82. The second-order valence-electron chi connectivity index (χ2n) is 3.83. The second-order valence-corrected chi connectivity index (χ2v) is 3.83. The van der Waals surface area contributed by atoms with Gasteiger partial charge in [-0.15, -0.1) is 0 Å². The molecule has 1 aliphatic heterocycles. The summed E-state index contributed by atoms with van der Waals surface area (Å²) in [6, 6.07) is -0.564. The lowest BCUT2D eigenvalue weighted by molar-refractivity contribution is -0.204. The topological polar surface area (TPSA) is 58.6 Å². The number of carbonyl (C=O) groups is 2. The number of hydrogen-bond donors (Lipinski definition) is 1. The first-order chi connectivity index (χ1) is 7.75. The molecule has 1 aliphatic rings. The minimum absolute atomic E-state index is 0.0675. The minimum atomic E-state index is -5.00.